The highest BCUT2D eigenvalue weighted by molar-refractivity contribution is 9.11. The van der Waals surface area contributed by atoms with E-state index in [-0.39, 0.29) is 14.5 Å². The third kappa shape index (κ3) is 1.67. The molecule has 1 rings (SSSR count). The Morgan fingerprint density at radius 3 is 1.92 bits per heavy atom. The van der Waals surface area contributed by atoms with Crippen LogP contribution in [0.15, 0.2) is 15.0 Å². The molecule has 0 saturated carbocycles. The molecule has 0 saturated heterocycles. The Balaban J connectivity index is 3.42. The van der Waals surface area contributed by atoms with Crippen LogP contribution in [0.4, 0.5) is 8.78 Å². The topological polar surface area (TPSA) is 20.2 Å². The molecule has 0 amide bonds. The van der Waals surface area contributed by atoms with Crippen LogP contribution in [0.3, 0.4) is 0 Å². The standard InChI is InChI=1S/C7H4Br2F2O/c8-4-1-5(9)7(11)3(2-12)6(4)10/h1,12H,2H2. The van der Waals surface area contributed by atoms with E-state index >= 15 is 0 Å². The van der Waals surface area contributed by atoms with Crippen molar-refractivity contribution in [2.24, 2.45) is 0 Å². The lowest BCUT2D eigenvalue weighted by Crippen LogP contribution is -1.97. The van der Waals surface area contributed by atoms with Gasteiger partial charge in [0.05, 0.1) is 21.1 Å². The summed E-state index contributed by atoms with van der Waals surface area (Å²) in [7, 11) is 0. The summed E-state index contributed by atoms with van der Waals surface area (Å²) in [6.45, 7) is -0.657. The van der Waals surface area contributed by atoms with E-state index in [1.54, 1.807) is 0 Å². The fourth-order valence-corrected chi connectivity index (χ4v) is 2.01. The molecule has 12 heavy (non-hydrogen) atoms. The van der Waals surface area contributed by atoms with E-state index in [1.807, 2.05) is 0 Å². The molecule has 1 aromatic rings. The van der Waals surface area contributed by atoms with Crippen molar-refractivity contribution in [3.63, 3.8) is 0 Å². The van der Waals surface area contributed by atoms with Crippen LogP contribution in [-0.2, 0) is 6.61 Å². The van der Waals surface area contributed by atoms with E-state index in [4.69, 9.17) is 5.11 Å². The number of halogens is 4. The van der Waals surface area contributed by atoms with Gasteiger partial charge in [-0.05, 0) is 37.9 Å². The maximum atomic E-state index is 13.0. The third-order valence-corrected chi connectivity index (χ3v) is 2.51. The van der Waals surface area contributed by atoms with Crippen LogP contribution in [0, 0.1) is 11.6 Å². The first-order valence-corrected chi connectivity index (χ1v) is 4.59. The van der Waals surface area contributed by atoms with Crippen molar-refractivity contribution >= 4 is 31.9 Å². The van der Waals surface area contributed by atoms with Crippen LogP contribution in [0.1, 0.15) is 5.56 Å². The molecule has 0 unspecified atom stereocenters. The van der Waals surface area contributed by atoms with Gasteiger partial charge in [0.25, 0.3) is 0 Å². The van der Waals surface area contributed by atoms with Gasteiger partial charge in [-0.15, -0.1) is 0 Å². The minimum Gasteiger partial charge on any atom is -0.391 e. The molecule has 0 aromatic heterocycles. The molecule has 1 nitrogen and oxygen atoms in total. The average molecular weight is 302 g/mol. The van der Waals surface area contributed by atoms with Crippen LogP contribution >= 0.6 is 31.9 Å². The lowest BCUT2D eigenvalue weighted by atomic mass is 10.2. The van der Waals surface area contributed by atoms with Crippen LogP contribution in [-0.4, -0.2) is 5.11 Å². The average Bonchev–Trinajstić information content (AvgIpc) is 2.02. The minimum atomic E-state index is -0.766. The Bertz CT molecular complexity index is 289. The highest BCUT2D eigenvalue weighted by Gasteiger charge is 2.14. The van der Waals surface area contributed by atoms with Gasteiger partial charge in [0.1, 0.15) is 11.6 Å². The molecular weight excluding hydrogens is 298 g/mol. The second-order valence-electron chi connectivity index (χ2n) is 2.10. The van der Waals surface area contributed by atoms with E-state index in [0.29, 0.717) is 0 Å². The lowest BCUT2D eigenvalue weighted by molar-refractivity contribution is 0.268. The molecule has 0 aliphatic carbocycles. The van der Waals surface area contributed by atoms with Gasteiger partial charge in [0.2, 0.25) is 0 Å². The SMILES string of the molecule is OCc1c(F)c(Br)cc(Br)c1F. The first-order valence-electron chi connectivity index (χ1n) is 3.00. The normalized spacial score (nSPS) is 10.4. The molecule has 0 heterocycles. The fraction of sp³-hybridized carbons (Fsp3) is 0.143. The zero-order valence-electron chi connectivity index (χ0n) is 5.74. The van der Waals surface area contributed by atoms with Crippen molar-refractivity contribution in [3.05, 3.63) is 32.2 Å². The zero-order valence-corrected chi connectivity index (χ0v) is 8.92. The van der Waals surface area contributed by atoms with Crippen LogP contribution in [0.5, 0.6) is 0 Å². The Hall–Kier alpha value is -0.0000000000000000555. The van der Waals surface area contributed by atoms with Crippen molar-refractivity contribution in [1.29, 1.82) is 0 Å². The summed E-state index contributed by atoms with van der Waals surface area (Å²) in [4.78, 5) is 0. The van der Waals surface area contributed by atoms with Gasteiger partial charge in [-0.2, -0.15) is 0 Å². The van der Waals surface area contributed by atoms with Crippen molar-refractivity contribution in [2.75, 3.05) is 0 Å². The third-order valence-electron chi connectivity index (χ3n) is 1.36. The Morgan fingerprint density at radius 2 is 1.58 bits per heavy atom. The number of benzene rings is 1. The van der Waals surface area contributed by atoms with Crippen molar-refractivity contribution in [2.45, 2.75) is 6.61 Å². The molecule has 5 heteroatoms. The maximum absolute atomic E-state index is 13.0. The Kier molecular flexibility index (Phi) is 3.20. The van der Waals surface area contributed by atoms with Gasteiger partial charge in [-0.3, -0.25) is 0 Å². The summed E-state index contributed by atoms with van der Waals surface area (Å²) in [5, 5.41) is 8.63. The van der Waals surface area contributed by atoms with Gasteiger partial charge in [-0.25, -0.2) is 8.78 Å². The summed E-state index contributed by atoms with van der Waals surface area (Å²) < 4.78 is 26.2. The van der Waals surface area contributed by atoms with Gasteiger partial charge in [0.15, 0.2) is 0 Å². The smallest absolute Gasteiger partial charge is 0.145 e. The minimum absolute atomic E-state index is 0.125. The summed E-state index contributed by atoms with van der Waals surface area (Å²) in [6, 6.07) is 1.25. The van der Waals surface area contributed by atoms with Gasteiger partial charge in [0, 0.05) is 0 Å². The molecule has 0 radical (unpaired) electrons. The molecular formula is C7H4Br2F2O. The lowest BCUT2D eigenvalue weighted by Gasteiger charge is -2.04. The van der Waals surface area contributed by atoms with Gasteiger partial charge >= 0.3 is 0 Å². The number of hydrogen-bond donors (Lipinski definition) is 1. The molecule has 0 fully saturated rings. The first kappa shape index (κ1) is 10.1. The molecule has 0 aliphatic rings. The summed E-state index contributed by atoms with van der Waals surface area (Å²) >= 11 is 5.78. The molecule has 0 bridgehead atoms. The molecule has 66 valence electrons. The highest BCUT2D eigenvalue weighted by atomic mass is 79.9. The van der Waals surface area contributed by atoms with E-state index in [0.717, 1.165) is 0 Å². The van der Waals surface area contributed by atoms with E-state index in [1.165, 1.54) is 6.07 Å². The quantitative estimate of drug-likeness (QED) is 0.791. The summed E-state index contributed by atoms with van der Waals surface area (Å²) in [5.41, 5.74) is -0.337. The van der Waals surface area contributed by atoms with Crippen LogP contribution in [0.2, 0.25) is 0 Å². The van der Waals surface area contributed by atoms with E-state index < -0.39 is 18.2 Å². The predicted octanol–water partition coefficient (Wildman–Crippen LogP) is 2.98. The first-order chi connectivity index (χ1) is 5.57. The Labute approximate surface area is 84.7 Å². The van der Waals surface area contributed by atoms with Crippen molar-refractivity contribution in [1.82, 2.24) is 0 Å². The molecule has 0 atom stereocenters. The Morgan fingerprint density at radius 1 is 1.17 bits per heavy atom. The second kappa shape index (κ2) is 3.81. The highest BCUT2D eigenvalue weighted by Crippen LogP contribution is 2.28. The summed E-state index contributed by atoms with van der Waals surface area (Å²) in [6.07, 6.45) is 0. The second-order valence-corrected chi connectivity index (χ2v) is 3.81. The monoisotopic (exact) mass is 300 g/mol. The number of hydrogen-bond acceptors (Lipinski definition) is 1. The zero-order chi connectivity index (χ0) is 9.30. The number of aliphatic hydroxyl groups excluding tert-OH is 1. The van der Waals surface area contributed by atoms with Gasteiger partial charge < -0.3 is 5.11 Å². The van der Waals surface area contributed by atoms with Gasteiger partial charge in [-0.1, -0.05) is 0 Å². The summed E-state index contributed by atoms with van der Waals surface area (Å²) in [5.74, 6) is -1.53. The van der Waals surface area contributed by atoms with Crippen LogP contribution < -0.4 is 0 Å². The molecule has 1 N–H and O–H groups in total. The van der Waals surface area contributed by atoms with Crippen LogP contribution in [0.25, 0.3) is 0 Å². The molecule has 0 aliphatic heterocycles. The van der Waals surface area contributed by atoms with Crippen molar-refractivity contribution < 1.29 is 13.9 Å². The maximum Gasteiger partial charge on any atom is 0.145 e. The molecule has 0 spiro atoms. The largest absolute Gasteiger partial charge is 0.391 e. The number of rotatable bonds is 1. The van der Waals surface area contributed by atoms with E-state index in [9.17, 15) is 8.78 Å². The van der Waals surface area contributed by atoms with E-state index in [2.05, 4.69) is 31.9 Å². The molecule has 1 aromatic carbocycles. The van der Waals surface area contributed by atoms with Crippen molar-refractivity contribution in [3.8, 4) is 0 Å². The number of aliphatic hydroxyl groups is 1. The predicted molar refractivity (Wildman–Crippen MR) is 47.7 cm³/mol. The fourth-order valence-electron chi connectivity index (χ4n) is 0.761.